The first-order valence-corrected chi connectivity index (χ1v) is 5.41. The predicted octanol–water partition coefficient (Wildman–Crippen LogP) is 2.07. The van der Waals surface area contributed by atoms with Crippen LogP contribution in [0.4, 0.5) is 17.2 Å². The van der Waals surface area contributed by atoms with Crippen LogP contribution in [0.15, 0.2) is 42.9 Å². The summed E-state index contributed by atoms with van der Waals surface area (Å²) in [6.07, 6.45) is 4.36. The van der Waals surface area contributed by atoms with Gasteiger partial charge in [-0.3, -0.25) is 24.8 Å². The van der Waals surface area contributed by atoms with Crippen LogP contribution in [0.3, 0.4) is 0 Å². The summed E-state index contributed by atoms with van der Waals surface area (Å²) >= 11 is 0. The van der Waals surface area contributed by atoms with Gasteiger partial charge >= 0.3 is 0 Å². The van der Waals surface area contributed by atoms with Gasteiger partial charge in [-0.15, -0.1) is 0 Å². The van der Waals surface area contributed by atoms with Crippen molar-refractivity contribution in [3.63, 3.8) is 0 Å². The summed E-state index contributed by atoms with van der Waals surface area (Å²) in [6, 6.07) is 5.78. The number of carbonyl (C=O) groups is 1. The van der Waals surface area contributed by atoms with Crippen molar-refractivity contribution in [2.45, 2.75) is 6.92 Å². The zero-order valence-electron chi connectivity index (χ0n) is 10.1. The van der Waals surface area contributed by atoms with Crippen LogP contribution in [0, 0.1) is 10.1 Å². The molecule has 19 heavy (non-hydrogen) atoms. The highest BCUT2D eigenvalue weighted by molar-refractivity contribution is 5.98. The Morgan fingerprint density at radius 2 is 1.95 bits per heavy atom. The third-order valence-corrected chi connectivity index (χ3v) is 2.40. The monoisotopic (exact) mass is 258 g/mol. The van der Waals surface area contributed by atoms with Crippen LogP contribution in [0.2, 0.25) is 0 Å². The first-order valence-electron chi connectivity index (χ1n) is 5.41. The Bertz CT molecular complexity index is 615. The maximum atomic E-state index is 11.7. The average molecular weight is 258 g/mol. The molecule has 0 aromatic carbocycles. The molecule has 0 unspecified atom stereocenters. The van der Waals surface area contributed by atoms with Crippen molar-refractivity contribution < 1.29 is 9.72 Å². The second-order valence-electron chi connectivity index (χ2n) is 3.69. The van der Waals surface area contributed by atoms with Crippen molar-refractivity contribution in [2.24, 2.45) is 0 Å². The van der Waals surface area contributed by atoms with E-state index in [1.165, 1.54) is 42.5 Å². The lowest BCUT2D eigenvalue weighted by Crippen LogP contribution is -2.23. The van der Waals surface area contributed by atoms with E-state index in [0.29, 0.717) is 5.69 Å². The van der Waals surface area contributed by atoms with Crippen molar-refractivity contribution in [1.82, 2.24) is 9.97 Å². The van der Waals surface area contributed by atoms with E-state index in [-0.39, 0.29) is 17.4 Å². The topological polar surface area (TPSA) is 89.2 Å². The standard InChI is InChI=1S/C12H10N4O3/c1-9(17)15(10-2-5-13-6-3-10)12-8-11(16(18)19)4-7-14-12/h2-8H,1H3. The number of nitro groups is 1. The molecule has 2 aromatic heterocycles. The summed E-state index contributed by atoms with van der Waals surface area (Å²) in [4.78, 5) is 31.1. The van der Waals surface area contributed by atoms with Crippen molar-refractivity contribution in [3.05, 3.63) is 53.0 Å². The van der Waals surface area contributed by atoms with Crippen LogP contribution in [0.1, 0.15) is 6.92 Å². The van der Waals surface area contributed by atoms with E-state index in [1.807, 2.05) is 0 Å². The highest BCUT2D eigenvalue weighted by atomic mass is 16.6. The predicted molar refractivity (Wildman–Crippen MR) is 67.9 cm³/mol. The first-order chi connectivity index (χ1) is 9.09. The maximum absolute atomic E-state index is 11.7. The fourth-order valence-corrected chi connectivity index (χ4v) is 1.61. The molecule has 7 nitrogen and oxygen atoms in total. The lowest BCUT2D eigenvalue weighted by Gasteiger charge is -2.19. The van der Waals surface area contributed by atoms with Crippen LogP contribution in [-0.4, -0.2) is 20.8 Å². The van der Waals surface area contributed by atoms with E-state index in [0.717, 1.165) is 0 Å². The van der Waals surface area contributed by atoms with Gasteiger partial charge in [-0.05, 0) is 12.1 Å². The third-order valence-electron chi connectivity index (χ3n) is 2.40. The van der Waals surface area contributed by atoms with Crippen molar-refractivity contribution >= 4 is 23.1 Å². The third kappa shape index (κ3) is 2.71. The zero-order valence-corrected chi connectivity index (χ0v) is 10.1. The Hall–Kier alpha value is -2.83. The molecule has 0 bridgehead atoms. The zero-order chi connectivity index (χ0) is 13.8. The first kappa shape index (κ1) is 12.6. The highest BCUT2D eigenvalue weighted by Crippen LogP contribution is 2.25. The molecule has 0 aliphatic heterocycles. The number of anilines is 2. The quantitative estimate of drug-likeness (QED) is 0.621. The number of aromatic nitrogens is 2. The Morgan fingerprint density at radius 1 is 1.26 bits per heavy atom. The van der Waals surface area contributed by atoms with Gasteiger partial charge in [0.15, 0.2) is 0 Å². The van der Waals surface area contributed by atoms with E-state index in [2.05, 4.69) is 9.97 Å². The Labute approximate surface area is 108 Å². The van der Waals surface area contributed by atoms with Gasteiger partial charge in [0.05, 0.1) is 16.7 Å². The number of rotatable bonds is 3. The molecular weight excluding hydrogens is 248 g/mol. The Balaban J connectivity index is 2.49. The van der Waals surface area contributed by atoms with Gasteiger partial charge < -0.3 is 0 Å². The number of hydrogen-bond donors (Lipinski definition) is 0. The van der Waals surface area contributed by atoms with E-state index in [4.69, 9.17) is 0 Å². The van der Waals surface area contributed by atoms with Crippen LogP contribution in [-0.2, 0) is 4.79 Å². The van der Waals surface area contributed by atoms with E-state index in [9.17, 15) is 14.9 Å². The molecule has 0 radical (unpaired) electrons. The second-order valence-corrected chi connectivity index (χ2v) is 3.69. The molecule has 0 aliphatic rings. The molecular formula is C12H10N4O3. The van der Waals surface area contributed by atoms with Crippen molar-refractivity contribution in [1.29, 1.82) is 0 Å². The number of pyridine rings is 2. The van der Waals surface area contributed by atoms with Crippen LogP contribution < -0.4 is 4.90 Å². The summed E-state index contributed by atoms with van der Waals surface area (Å²) < 4.78 is 0. The minimum absolute atomic E-state index is 0.120. The normalized spacial score (nSPS) is 9.95. The van der Waals surface area contributed by atoms with Gasteiger partial charge in [-0.2, -0.15) is 0 Å². The molecule has 7 heteroatoms. The molecule has 2 aromatic rings. The molecule has 2 rings (SSSR count). The minimum atomic E-state index is -0.532. The Kier molecular flexibility index (Phi) is 3.46. The van der Waals surface area contributed by atoms with Crippen LogP contribution >= 0.6 is 0 Å². The number of carbonyl (C=O) groups excluding carboxylic acids is 1. The lowest BCUT2D eigenvalue weighted by atomic mass is 10.3. The maximum Gasteiger partial charge on any atom is 0.274 e. The molecule has 0 atom stereocenters. The van der Waals surface area contributed by atoms with Gasteiger partial charge in [-0.25, -0.2) is 4.98 Å². The largest absolute Gasteiger partial charge is 0.274 e. The number of hydrogen-bond acceptors (Lipinski definition) is 5. The average Bonchev–Trinajstić information content (AvgIpc) is 2.40. The molecule has 96 valence electrons. The molecule has 0 spiro atoms. The molecule has 0 N–H and O–H groups in total. The summed E-state index contributed by atoms with van der Waals surface area (Å²) in [5, 5.41) is 10.7. The minimum Gasteiger partial charge on any atom is -0.274 e. The highest BCUT2D eigenvalue weighted by Gasteiger charge is 2.18. The van der Waals surface area contributed by atoms with Gasteiger partial charge in [0.25, 0.3) is 5.69 Å². The summed E-state index contributed by atoms with van der Waals surface area (Å²) in [5.41, 5.74) is 0.431. The van der Waals surface area contributed by atoms with Crippen LogP contribution in [0.25, 0.3) is 0 Å². The molecule has 0 saturated heterocycles. The second kappa shape index (κ2) is 5.21. The summed E-state index contributed by atoms with van der Waals surface area (Å²) in [5.74, 6) is -0.0907. The molecule has 1 amide bonds. The van der Waals surface area contributed by atoms with Gasteiger partial charge in [0.1, 0.15) is 5.82 Å². The van der Waals surface area contributed by atoms with Crippen molar-refractivity contribution in [3.8, 4) is 0 Å². The molecule has 0 saturated carbocycles. The van der Waals surface area contributed by atoms with E-state index < -0.39 is 4.92 Å². The van der Waals surface area contributed by atoms with Crippen LogP contribution in [0.5, 0.6) is 0 Å². The van der Waals surface area contributed by atoms with Gasteiger partial charge in [0, 0.05) is 31.6 Å². The van der Waals surface area contributed by atoms with Crippen molar-refractivity contribution in [2.75, 3.05) is 4.90 Å². The number of nitrogens with zero attached hydrogens (tertiary/aromatic N) is 4. The number of amides is 1. The Morgan fingerprint density at radius 3 is 2.53 bits per heavy atom. The van der Waals surface area contributed by atoms with Gasteiger partial charge in [-0.1, -0.05) is 0 Å². The van der Waals surface area contributed by atoms with E-state index >= 15 is 0 Å². The summed E-state index contributed by atoms with van der Waals surface area (Å²) in [7, 11) is 0. The molecule has 0 aliphatic carbocycles. The fraction of sp³-hybridized carbons (Fsp3) is 0.0833. The lowest BCUT2D eigenvalue weighted by molar-refractivity contribution is -0.384. The van der Waals surface area contributed by atoms with E-state index in [1.54, 1.807) is 12.1 Å². The van der Waals surface area contributed by atoms with Gasteiger partial charge in [0.2, 0.25) is 5.91 Å². The fourth-order valence-electron chi connectivity index (χ4n) is 1.61. The smallest absolute Gasteiger partial charge is 0.274 e. The summed E-state index contributed by atoms with van der Waals surface area (Å²) in [6.45, 7) is 1.36. The molecule has 0 fully saturated rings. The SMILES string of the molecule is CC(=O)N(c1ccncc1)c1cc([N+](=O)[O-])ccn1. The molecule has 2 heterocycles.